The monoisotopic (exact) mass is 302 g/mol. The molecule has 0 spiro atoms. The summed E-state index contributed by atoms with van der Waals surface area (Å²) in [5, 5.41) is 6.89. The van der Waals surface area contributed by atoms with E-state index in [4.69, 9.17) is 19.5 Å². The fraction of sp³-hybridized carbons (Fsp3) is 0.882. The average Bonchev–Trinajstić information content (AvgIpc) is 2.46. The Morgan fingerprint density at radius 3 is 0.952 bits per heavy atom. The molecule has 4 heteroatoms. The summed E-state index contributed by atoms with van der Waals surface area (Å²) in [4.78, 5) is 24.6. The van der Waals surface area contributed by atoms with Crippen LogP contribution < -0.4 is 0 Å². The van der Waals surface area contributed by atoms with Crippen molar-refractivity contribution in [2.75, 3.05) is 0 Å². The zero-order chi connectivity index (χ0) is 16.6. The van der Waals surface area contributed by atoms with Crippen molar-refractivity contribution in [1.29, 1.82) is 0 Å². The predicted octanol–water partition coefficient (Wildman–Crippen LogP) is 5.21. The van der Waals surface area contributed by atoms with Gasteiger partial charge in [-0.05, 0) is 0 Å². The average molecular weight is 302 g/mol. The Hall–Kier alpha value is -1.15. The van der Waals surface area contributed by atoms with Gasteiger partial charge in [-0.15, -0.1) is 0 Å². The van der Waals surface area contributed by atoms with Crippen molar-refractivity contribution in [2.24, 2.45) is 0 Å². The zero-order valence-electron chi connectivity index (χ0n) is 13.9. The second-order valence-corrected chi connectivity index (χ2v) is 5.08. The number of carbonyl (C=O) groups excluding carboxylic acids is 2. The molecular weight excluding hydrogens is 268 g/mol. The first-order valence-corrected chi connectivity index (χ1v) is 8.32. The van der Waals surface area contributed by atoms with E-state index in [1.807, 2.05) is 0 Å². The Morgan fingerprint density at radius 1 is 0.667 bits per heavy atom. The van der Waals surface area contributed by atoms with E-state index in [-0.39, 0.29) is 12.6 Å². The highest BCUT2D eigenvalue weighted by Gasteiger charge is 1.92. The Balaban J connectivity index is -0.000000460. The van der Waals surface area contributed by atoms with Crippen molar-refractivity contribution in [1.82, 2.24) is 0 Å². The number of unbranched alkanes of at least 4 members (excludes halogenated alkanes) is 12. The van der Waals surface area contributed by atoms with Gasteiger partial charge < -0.3 is 5.11 Å². The van der Waals surface area contributed by atoms with Crippen LogP contribution in [0, 0.1) is 0 Å². The first kappa shape index (κ1) is 24.8. The van der Waals surface area contributed by atoms with E-state index in [9.17, 15) is 0 Å². The maximum atomic E-state index is 8.36. The molecular formula is C17H34O4. The Morgan fingerprint density at radius 2 is 0.810 bits per heavy atom. The van der Waals surface area contributed by atoms with Crippen LogP contribution in [0.5, 0.6) is 0 Å². The van der Waals surface area contributed by atoms with E-state index in [1.165, 1.54) is 83.5 Å². The Labute approximate surface area is 130 Å². The largest absolute Gasteiger partial charge is 0.483 e. The fourth-order valence-corrected chi connectivity index (χ4v) is 2.09. The quantitative estimate of drug-likeness (QED) is 0.396. The van der Waals surface area contributed by atoms with Crippen molar-refractivity contribution < 1.29 is 19.5 Å². The third kappa shape index (κ3) is 45.5. The lowest BCUT2D eigenvalue weighted by atomic mass is 10.1. The molecule has 0 aliphatic heterocycles. The minimum absolute atomic E-state index is 0.250. The van der Waals surface area contributed by atoms with Gasteiger partial charge in [-0.1, -0.05) is 97.3 Å². The van der Waals surface area contributed by atoms with Crippen molar-refractivity contribution in [2.45, 2.75) is 97.3 Å². The van der Waals surface area contributed by atoms with Gasteiger partial charge in [-0.25, -0.2) is 0 Å². The molecule has 0 rings (SSSR count). The lowest BCUT2D eigenvalue weighted by molar-refractivity contribution is -0.191. The summed E-state index contributed by atoms with van der Waals surface area (Å²) in [6.07, 6.45) is 19.2. The summed E-state index contributed by atoms with van der Waals surface area (Å²) in [5.41, 5.74) is 0. The van der Waals surface area contributed by atoms with Crippen LogP contribution in [-0.2, 0) is 14.4 Å². The number of rotatable bonds is 12. The van der Waals surface area contributed by atoms with Gasteiger partial charge in [-0.2, -0.15) is 9.59 Å². The SMILES string of the molecule is CCCCCCCCCCCCCCC.O=C=O.O=CO. The summed E-state index contributed by atoms with van der Waals surface area (Å²) in [5.74, 6) is 0. The molecule has 0 fully saturated rings. The van der Waals surface area contributed by atoms with Crippen LogP contribution in [0.15, 0.2) is 0 Å². The maximum Gasteiger partial charge on any atom is 0.373 e. The van der Waals surface area contributed by atoms with Gasteiger partial charge in [0.05, 0.1) is 0 Å². The van der Waals surface area contributed by atoms with Gasteiger partial charge in [0.25, 0.3) is 6.47 Å². The van der Waals surface area contributed by atoms with Gasteiger partial charge in [0.2, 0.25) is 0 Å². The molecule has 0 heterocycles. The van der Waals surface area contributed by atoms with E-state index in [2.05, 4.69) is 13.8 Å². The summed E-state index contributed by atoms with van der Waals surface area (Å²) < 4.78 is 0. The second-order valence-electron chi connectivity index (χ2n) is 5.08. The molecule has 0 bridgehead atoms. The van der Waals surface area contributed by atoms with Gasteiger partial charge in [0.1, 0.15) is 0 Å². The standard InChI is InChI=1S/C15H32.CH2O2.CO2/c1-3-5-7-9-11-13-15-14-12-10-8-6-4-2;2*2-1-3/h3-15H2,1-2H3;1H,(H,2,3);. The van der Waals surface area contributed by atoms with Gasteiger partial charge >= 0.3 is 6.15 Å². The first-order valence-electron chi connectivity index (χ1n) is 8.32. The molecule has 0 amide bonds. The zero-order valence-corrected chi connectivity index (χ0v) is 13.9. The minimum Gasteiger partial charge on any atom is -0.483 e. The van der Waals surface area contributed by atoms with Crippen LogP contribution in [0.2, 0.25) is 0 Å². The van der Waals surface area contributed by atoms with E-state index in [0.29, 0.717) is 0 Å². The molecule has 4 nitrogen and oxygen atoms in total. The van der Waals surface area contributed by atoms with Crippen LogP contribution in [-0.4, -0.2) is 17.7 Å². The Kier molecular flexibility index (Phi) is 37.0. The lowest BCUT2D eigenvalue weighted by Gasteiger charge is -2.01. The smallest absolute Gasteiger partial charge is 0.373 e. The highest BCUT2D eigenvalue weighted by Crippen LogP contribution is 2.12. The third-order valence-electron chi connectivity index (χ3n) is 3.21. The summed E-state index contributed by atoms with van der Waals surface area (Å²) in [7, 11) is 0. The van der Waals surface area contributed by atoms with Crippen molar-refractivity contribution >= 4 is 12.6 Å². The number of carboxylic acid groups (broad SMARTS) is 1. The number of hydrogen-bond donors (Lipinski definition) is 1. The number of carbonyl (C=O) groups is 1. The summed E-state index contributed by atoms with van der Waals surface area (Å²) >= 11 is 0. The van der Waals surface area contributed by atoms with Crippen LogP contribution in [0.1, 0.15) is 97.3 Å². The van der Waals surface area contributed by atoms with Gasteiger partial charge in [-0.3, -0.25) is 4.79 Å². The molecule has 126 valence electrons. The van der Waals surface area contributed by atoms with Gasteiger partial charge in [0.15, 0.2) is 0 Å². The third-order valence-corrected chi connectivity index (χ3v) is 3.21. The van der Waals surface area contributed by atoms with E-state index >= 15 is 0 Å². The molecule has 0 radical (unpaired) electrons. The highest BCUT2D eigenvalue weighted by atomic mass is 16.3. The summed E-state index contributed by atoms with van der Waals surface area (Å²) in [6, 6.07) is 0. The van der Waals surface area contributed by atoms with Crippen molar-refractivity contribution in [3.05, 3.63) is 0 Å². The van der Waals surface area contributed by atoms with Crippen LogP contribution in [0.25, 0.3) is 0 Å². The number of hydrogen-bond acceptors (Lipinski definition) is 3. The highest BCUT2D eigenvalue weighted by molar-refractivity contribution is 5.32. The topological polar surface area (TPSA) is 71.4 Å². The molecule has 0 atom stereocenters. The molecule has 0 aromatic heterocycles. The predicted molar refractivity (Wildman–Crippen MR) is 85.1 cm³/mol. The second kappa shape index (κ2) is 31.3. The molecule has 0 aliphatic carbocycles. The molecule has 21 heavy (non-hydrogen) atoms. The van der Waals surface area contributed by atoms with Crippen LogP contribution >= 0.6 is 0 Å². The van der Waals surface area contributed by atoms with E-state index in [1.54, 1.807) is 0 Å². The molecule has 0 saturated heterocycles. The first-order chi connectivity index (χ1) is 10.2. The van der Waals surface area contributed by atoms with E-state index < -0.39 is 0 Å². The summed E-state index contributed by atoms with van der Waals surface area (Å²) in [6.45, 7) is 4.33. The normalized spacial score (nSPS) is 8.67. The molecule has 1 N–H and O–H groups in total. The van der Waals surface area contributed by atoms with Crippen LogP contribution in [0.3, 0.4) is 0 Å². The van der Waals surface area contributed by atoms with Crippen molar-refractivity contribution in [3.63, 3.8) is 0 Å². The molecule has 0 aromatic rings. The fourth-order valence-electron chi connectivity index (χ4n) is 2.09. The Bertz CT molecular complexity index is 187. The minimum atomic E-state index is -0.250. The molecule has 0 saturated carbocycles. The lowest BCUT2D eigenvalue weighted by Crippen LogP contribution is -1.82. The van der Waals surface area contributed by atoms with Gasteiger partial charge in [0, 0.05) is 0 Å². The molecule has 0 aromatic carbocycles. The van der Waals surface area contributed by atoms with Crippen molar-refractivity contribution in [3.8, 4) is 0 Å². The van der Waals surface area contributed by atoms with E-state index in [0.717, 1.165) is 0 Å². The molecule has 0 aliphatic rings. The molecule has 0 unspecified atom stereocenters. The maximum absolute atomic E-state index is 8.36. The van der Waals surface area contributed by atoms with Crippen LogP contribution in [0.4, 0.5) is 0 Å².